The maximum absolute atomic E-state index is 6.09. The third-order valence-corrected chi connectivity index (χ3v) is 4.28. The first kappa shape index (κ1) is 17.6. The van der Waals surface area contributed by atoms with Gasteiger partial charge in [0.1, 0.15) is 17.3 Å². The van der Waals surface area contributed by atoms with E-state index < -0.39 is 0 Å². The predicted octanol–water partition coefficient (Wildman–Crippen LogP) is 3.00. The van der Waals surface area contributed by atoms with Crippen LogP contribution in [0.4, 0.5) is 11.8 Å². The molecule has 8 heteroatoms. The molecule has 0 atom stereocenters. The minimum Gasteiger partial charge on any atom is -0.497 e. The fourth-order valence-corrected chi connectivity index (χ4v) is 2.85. The van der Waals surface area contributed by atoms with Gasteiger partial charge in [0.15, 0.2) is 11.5 Å². The summed E-state index contributed by atoms with van der Waals surface area (Å²) < 4.78 is 12.1. The number of nitrogens with two attached hydrogens (primary N) is 1. The molecule has 0 fully saturated rings. The molecule has 28 heavy (non-hydrogen) atoms. The van der Waals surface area contributed by atoms with E-state index in [1.165, 1.54) is 4.52 Å². The summed E-state index contributed by atoms with van der Waals surface area (Å²) in [7, 11) is 3.20. The standard InChI is InChI=1S/C20H20N6O2/c1-27-15-8-14(9-16(10-15)28-2)19-24-18-11-17(23-20(21)26(18)25-19)22-12-13-6-4-3-5-7-13/h3-11,22H,12H2,1-2H3,(H2,21,23). The summed E-state index contributed by atoms with van der Waals surface area (Å²) in [5.74, 6) is 2.71. The lowest BCUT2D eigenvalue weighted by atomic mass is 10.2. The SMILES string of the molecule is COc1cc(OC)cc(-c2nc3cc(NCc4ccccc4)nc(N)n3n2)c1. The van der Waals surface area contributed by atoms with Gasteiger partial charge in [-0.2, -0.15) is 9.50 Å². The Morgan fingerprint density at radius 1 is 0.964 bits per heavy atom. The largest absolute Gasteiger partial charge is 0.497 e. The molecule has 0 unspecified atom stereocenters. The number of rotatable bonds is 6. The van der Waals surface area contributed by atoms with Crippen LogP contribution in [0.1, 0.15) is 5.56 Å². The molecule has 0 saturated carbocycles. The second-order valence-corrected chi connectivity index (χ2v) is 6.15. The van der Waals surface area contributed by atoms with E-state index in [-0.39, 0.29) is 5.95 Å². The van der Waals surface area contributed by atoms with Crippen molar-refractivity contribution in [3.05, 3.63) is 60.2 Å². The highest BCUT2D eigenvalue weighted by Gasteiger charge is 2.13. The third-order valence-electron chi connectivity index (χ3n) is 4.28. The Kier molecular flexibility index (Phi) is 4.67. The molecule has 0 amide bonds. The monoisotopic (exact) mass is 376 g/mol. The fraction of sp³-hybridized carbons (Fsp3) is 0.150. The first-order chi connectivity index (χ1) is 13.7. The number of fused-ring (bicyclic) bond motifs is 1. The summed E-state index contributed by atoms with van der Waals surface area (Å²) in [4.78, 5) is 8.96. The Labute approximate surface area is 162 Å². The van der Waals surface area contributed by atoms with Gasteiger partial charge >= 0.3 is 0 Å². The quantitative estimate of drug-likeness (QED) is 0.533. The number of methoxy groups -OCH3 is 2. The highest BCUT2D eigenvalue weighted by molar-refractivity contribution is 5.65. The van der Waals surface area contributed by atoms with Gasteiger partial charge in [0.25, 0.3) is 0 Å². The number of nitrogens with zero attached hydrogens (tertiary/aromatic N) is 4. The topological polar surface area (TPSA) is 99.6 Å². The Hall–Kier alpha value is -3.81. The molecular formula is C20H20N6O2. The van der Waals surface area contributed by atoms with Crippen molar-refractivity contribution in [2.24, 2.45) is 0 Å². The van der Waals surface area contributed by atoms with E-state index in [0.717, 1.165) is 11.1 Å². The average molecular weight is 376 g/mol. The first-order valence-corrected chi connectivity index (χ1v) is 8.71. The minimum absolute atomic E-state index is 0.252. The molecule has 2 aromatic heterocycles. The summed E-state index contributed by atoms with van der Waals surface area (Å²) in [6.07, 6.45) is 0. The zero-order chi connectivity index (χ0) is 19.5. The van der Waals surface area contributed by atoms with Gasteiger partial charge in [0.2, 0.25) is 5.95 Å². The molecule has 4 aromatic rings. The molecule has 0 spiro atoms. The van der Waals surface area contributed by atoms with Gasteiger partial charge in [-0.25, -0.2) is 4.98 Å². The van der Waals surface area contributed by atoms with Crippen LogP contribution < -0.4 is 20.5 Å². The lowest BCUT2D eigenvalue weighted by Crippen LogP contribution is -2.07. The van der Waals surface area contributed by atoms with E-state index in [4.69, 9.17) is 15.2 Å². The van der Waals surface area contributed by atoms with Crippen LogP contribution in [0, 0.1) is 0 Å². The van der Waals surface area contributed by atoms with Crippen LogP contribution in [-0.2, 0) is 6.54 Å². The molecular weight excluding hydrogens is 356 g/mol. The van der Waals surface area contributed by atoms with E-state index in [1.807, 2.05) is 48.5 Å². The van der Waals surface area contributed by atoms with E-state index in [0.29, 0.717) is 35.3 Å². The lowest BCUT2D eigenvalue weighted by molar-refractivity contribution is 0.394. The van der Waals surface area contributed by atoms with E-state index in [1.54, 1.807) is 20.3 Å². The van der Waals surface area contributed by atoms with Crippen molar-refractivity contribution < 1.29 is 9.47 Å². The molecule has 2 aromatic carbocycles. The summed E-state index contributed by atoms with van der Waals surface area (Å²) in [6, 6.07) is 17.3. The van der Waals surface area contributed by atoms with Gasteiger partial charge in [0.05, 0.1) is 14.2 Å². The molecule has 142 valence electrons. The zero-order valence-corrected chi connectivity index (χ0v) is 15.6. The average Bonchev–Trinajstić information content (AvgIpc) is 3.17. The number of nitrogens with one attached hydrogen (secondary N) is 1. The first-order valence-electron chi connectivity index (χ1n) is 8.71. The van der Waals surface area contributed by atoms with Crippen molar-refractivity contribution in [1.82, 2.24) is 19.6 Å². The van der Waals surface area contributed by atoms with Crippen LogP contribution in [0.25, 0.3) is 17.0 Å². The van der Waals surface area contributed by atoms with Crippen molar-refractivity contribution in [1.29, 1.82) is 0 Å². The summed E-state index contributed by atoms with van der Waals surface area (Å²) >= 11 is 0. The third kappa shape index (κ3) is 3.52. The summed E-state index contributed by atoms with van der Waals surface area (Å²) in [5, 5.41) is 7.74. The summed E-state index contributed by atoms with van der Waals surface area (Å²) in [5.41, 5.74) is 8.60. The minimum atomic E-state index is 0.252. The normalized spacial score (nSPS) is 10.8. The molecule has 0 aliphatic rings. The highest BCUT2D eigenvalue weighted by Crippen LogP contribution is 2.28. The second kappa shape index (κ2) is 7.43. The van der Waals surface area contributed by atoms with E-state index in [2.05, 4.69) is 20.4 Å². The van der Waals surface area contributed by atoms with Gasteiger partial charge in [-0.15, -0.1) is 5.10 Å². The van der Waals surface area contributed by atoms with Crippen LogP contribution in [0.15, 0.2) is 54.6 Å². The Morgan fingerprint density at radius 3 is 2.36 bits per heavy atom. The molecule has 2 heterocycles. The molecule has 0 saturated heterocycles. The van der Waals surface area contributed by atoms with Crippen LogP contribution in [0.5, 0.6) is 11.5 Å². The highest BCUT2D eigenvalue weighted by atomic mass is 16.5. The smallest absolute Gasteiger partial charge is 0.225 e. The molecule has 3 N–H and O–H groups in total. The van der Waals surface area contributed by atoms with Crippen molar-refractivity contribution in [3.63, 3.8) is 0 Å². The van der Waals surface area contributed by atoms with Crippen molar-refractivity contribution >= 4 is 17.4 Å². The number of hydrogen-bond donors (Lipinski definition) is 2. The van der Waals surface area contributed by atoms with Crippen molar-refractivity contribution in [2.45, 2.75) is 6.54 Å². The van der Waals surface area contributed by atoms with E-state index in [9.17, 15) is 0 Å². The van der Waals surface area contributed by atoms with Crippen LogP contribution in [-0.4, -0.2) is 33.8 Å². The molecule has 8 nitrogen and oxygen atoms in total. The van der Waals surface area contributed by atoms with Gasteiger partial charge in [-0.1, -0.05) is 30.3 Å². The maximum Gasteiger partial charge on any atom is 0.225 e. The zero-order valence-electron chi connectivity index (χ0n) is 15.6. The fourth-order valence-electron chi connectivity index (χ4n) is 2.85. The molecule has 4 rings (SSSR count). The molecule has 0 aliphatic carbocycles. The Morgan fingerprint density at radius 2 is 1.68 bits per heavy atom. The number of hydrogen-bond acceptors (Lipinski definition) is 7. The number of aromatic nitrogens is 4. The second-order valence-electron chi connectivity index (χ2n) is 6.15. The van der Waals surface area contributed by atoms with Gasteiger partial charge in [-0.3, -0.25) is 0 Å². The number of nitrogen functional groups attached to an aromatic ring is 1. The Balaban J connectivity index is 1.66. The van der Waals surface area contributed by atoms with Gasteiger partial charge in [0, 0.05) is 24.2 Å². The van der Waals surface area contributed by atoms with Gasteiger partial charge in [-0.05, 0) is 17.7 Å². The predicted molar refractivity (Wildman–Crippen MR) is 108 cm³/mol. The molecule has 0 bridgehead atoms. The lowest BCUT2D eigenvalue weighted by Gasteiger charge is -2.06. The van der Waals surface area contributed by atoms with Crippen molar-refractivity contribution in [2.75, 3.05) is 25.3 Å². The molecule has 0 radical (unpaired) electrons. The maximum atomic E-state index is 6.09. The van der Waals surface area contributed by atoms with Crippen molar-refractivity contribution in [3.8, 4) is 22.9 Å². The van der Waals surface area contributed by atoms with Crippen LogP contribution >= 0.6 is 0 Å². The molecule has 0 aliphatic heterocycles. The Bertz CT molecular complexity index is 1090. The van der Waals surface area contributed by atoms with E-state index >= 15 is 0 Å². The number of benzene rings is 2. The number of ether oxygens (including phenoxy) is 2. The van der Waals surface area contributed by atoms with Crippen LogP contribution in [0.3, 0.4) is 0 Å². The van der Waals surface area contributed by atoms with Crippen LogP contribution in [0.2, 0.25) is 0 Å². The summed E-state index contributed by atoms with van der Waals surface area (Å²) in [6.45, 7) is 0.636. The number of anilines is 2. The van der Waals surface area contributed by atoms with Gasteiger partial charge < -0.3 is 20.5 Å².